The van der Waals surface area contributed by atoms with E-state index in [0.717, 1.165) is 19.0 Å². The van der Waals surface area contributed by atoms with E-state index in [9.17, 15) is 0 Å². The first-order valence-corrected chi connectivity index (χ1v) is 6.13. The first kappa shape index (κ1) is 9.91. The summed E-state index contributed by atoms with van der Waals surface area (Å²) in [6, 6.07) is 6.82. The molecule has 1 aliphatic rings. The fourth-order valence-corrected chi connectivity index (χ4v) is 2.80. The molecule has 16 heavy (non-hydrogen) atoms. The van der Waals surface area contributed by atoms with E-state index >= 15 is 0 Å². The molecule has 0 unspecified atom stereocenters. The molecule has 1 aromatic heterocycles. The molecule has 1 saturated heterocycles. The van der Waals surface area contributed by atoms with Crippen molar-refractivity contribution in [1.29, 1.82) is 0 Å². The number of aromatic amines is 1. The van der Waals surface area contributed by atoms with E-state index < -0.39 is 0 Å². The minimum Gasteiger partial charge on any atom is -0.361 e. The Labute approximate surface area is 96.1 Å². The van der Waals surface area contributed by atoms with Gasteiger partial charge in [-0.05, 0) is 73.5 Å². The standard InChI is InChI=1S/C14H18N2/c1-10-8-14-12(4-7-16-14)9-13(10)11-2-5-15-6-3-11/h4,7-9,11,15-16H,2-3,5-6H2,1H3. The van der Waals surface area contributed by atoms with E-state index in [4.69, 9.17) is 0 Å². The molecule has 1 fully saturated rings. The number of nitrogens with one attached hydrogen (secondary N) is 2. The predicted molar refractivity (Wildman–Crippen MR) is 67.9 cm³/mol. The van der Waals surface area contributed by atoms with Crippen molar-refractivity contribution >= 4 is 10.9 Å². The van der Waals surface area contributed by atoms with Crippen LogP contribution in [0.15, 0.2) is 24.4 Å². The Hall–Kier alpha value is -1.28. The number of fused-ring (bicyclic) bond motifs is 1. The number of H-pyrrole nitrogens is 1. The number of hydrogen-bond acceptors (Lipinski definition) is 1. The van der Waals surface area contributed by atoms with Gasteiger partial charge in [-0.3, -0.25) is 0 Å². The van der Waals surface area contributed by atoms with E-state index in [1.54, 1.807) is 5.56 Å². The molecule has 1 aromatic carbocycles. The van der Waals surface area contributed by atoms with Crippen LogP contribution in [0.3, 0.4) is 0 Å². The zero-order chi connectivity index (χ0) is 11.0. The second-order valence-electron chi connectivity index (χ2n) is 4.80. The third-order valence-corrected chi connectivity index (χ3v) is 3.72. The topological polar surface area (TPSA) is 27.8 Å². The highest BCUT2D eigenvalue weighted by Gasteiger charge is 2.17. The molecule has 0 spiro atoms. The first-order chi connectivity index (χ1) is 7.84. The quantitative estimate of drug-likeness (QED) is 0.750. The first-order valence-electron chi connectivity index (χ1n) is 6.13. The van der Waals surface area contributed by atoms with Crippen LogP contribution in [-0.4, -0.2) is 18.1 Å². The van der Waals surface area contributed by atoms with Gasteiger partial charge in [0.1, 0.15) is 0 Å². The molecule has 3 rings (SSSR count). The van der Waals surface area contributed by atoms with E-state index in [2.05, 4.69) is 35.4 Å². The number of benzene rings is 1. The van der Waals surface area contributed by atoms with Gasteiger partial charge in [-0.25, -0.2) is 0 Å². The molecule has 2 heteroatoms. The molecule has 84 valence electrons. The van der Waals surface area contributed by atoms with Crippen molar-refractivity contribution in [3.05, 3.63) is 35.5 Å². The van der Waals surface area contributed by atoms with Crippen LogP contribution in [0.5, 0.6) is 0 Å². The average molecular weight is 214 g/mol. The molecular formula is C14H18N2. The van der Waals surface area contributed by atoms with E-state index in [1.807, 2.05) is 6.20 Å². The third kappa shape index (κ3) is 1.63. The van der Waals surface area contributed by atoms with Crippen LogP contribution < -0.4 is 5.32 Å². The van der Waals surface area contributed by atoms with Crippen molar-refractivity contribution in [3.63, 3.8) is 0 Å². The smallest absolute Gasteiger partial charge is 0.0456 e. The van der Waals surface area contributed by atoms with Gasteiger partial charge in [0.05, 0.1) is 0 Å². The molecule has 2 N–H and O–H groups in total. The summed E-state index contributed by atoms with van der Waals surface area (Å²) in [6.07, 6.45) is 4.57. The van der Waals surface area contributed by atoms with Crippen molar-refractivity contribution in [3.8, 4) is 0 Å². The average Bonchev–Trinajstić information content (AvgIpc) is 2.76. The van der Waals surface area contributed by atoms with Gasteiger partial charge in [0, 0.05) is 11.7 Å². The Morgan fingerprint density at radius 3 is 2.81 bits per heavy atom. The lowest BCUT2D eigenvalue weighted by atomic mass is 9.87. The van der Waals surface area contributed by atoms with Crippen LogP contribution in [-0.2, 0) is 0 Å². The van der Waals surface area contributed by atoms with Gasteiger partial charge in [0.2, 0.25) is 0 Å². The lowest BCUT2D eigenvalue weighted by Crippen LogP contribution is -2.26. The number of aryl methyl sites for hydroxylation is 1. The molecule has 2 heterocycles. The van der Waals surface area contributed by atoms with E-state index in [-0.39, 0.29) is 0 Å². The Kier molecular flexibility index (Phi) is 2.44. The van der Waals surface area contributed by atoms with Gasteiger partial charge in [0.15, 0.2) is 0 Å². The second kappa shape index (κ2) is 3.95. The van der Waals surface area contributed by atoms with Crippen molar-refractivity contribution in [2.45, 2.75) is 25.7 Å². The molecule has 2 aromatic rings. The molecule has 0 amide bonds. The largest absolute Gasteiger partial charge is 0.361 e. The highest BCUT2D eigenvalue weighted by molar-refractivity contribution is 5.81. The lowest BCUT2D eigenvalue weighted by Gasteiger charge is -2.24. The summed E-state index contributed by atoms with van der Waals surface area (Å²) < 4.78 is 0. The van der Waals surface area contributed by atoms with Crippen LogP contribution in [0.4, 0.5) is 0 Å². The molecular weight excluding hydrogens is 196 g/mol. The van der Waals surface area contributed by atoms with Gasteiger partial charge in [-0.15, -0.1) is 0 Å². The van der Waals surface area contributed by atoms with Crippen LogP contribution in [0.2, 0.25) is 0 Å². The number of aromatic nitrogens is 1. The SMILES string of the molecule is Cc1cc2[nH]ccc2cc1C1CCNCC1. The molecule has 0 atom stereocenters. The highest BCUT2D eigenvalue weighted by Crippen LogP contribution is 2.30. The fraction of sp³-hybridized carbons (Fsp3) is 0.429. The molecule has 0 saturated carbocycles. The Balaban J connectivity index is 2.03. The zero-order valence-electron chi connectivity index (χ0n) is 9.72. The monoisotopic (exact) mass is 214 g/mol. The summed E-state index contributed by atoms with van der Waals surface area (Å²) in [4.78, 5) is 3.28. The Bertz CT molecular complexity index is 492. The molecule has 2 nitrogen and oxygen atoms in total. The zero-order valence-corrected chi connectivity index (χ0v) is 9.72. The lowest BCUT2D eigenvalue weighted by molar-refractivity contribution is 0.459. The predicted octanol–water partition coefficient (Wildman–Crippen LogP) is 2.94. The third-order valence-electron chi connectivity index (χ3n) is 3.72. The van der Waals surface area contributed by atoms with Crippen molar-refractivity contribution in [2.24, 2.45) is 0 Å². The maximum Gasteiger partial charge on any atom is 0.0456 e. The summed E-state index contributed by atoms with van der Waals surface area (Å²) in [5, 5.41) is 4.78. The maximum absolute atomic E-state index is 3.43. The van der Waals surface area contributed by atoms with E-state index in [1.165, 1.54) is 29.3 Å². The highest BCUT2D eigenvalue weighted by atomic mass is 14.9. The Morgan fingerprint density at radius 2 is 2.00 bits per heavy atom. The van der Waals surface area contributed by atoms with E-state index in [0.29, 0.717) is 0 Å². The summed E-state index contributed by atoms with van der Waals surface area (Å²) >= 11 is 0. The maximum atomic E-state index is 3.43. The van der Waals surface area contributed by atoms with Gasteiger partial charge >= 0.3 is 0 Å². The van der Waals surface area contributed by atoms with Gasteiger partial charge in [-0.1, -0.05) is 0 Å². The summed E-state index contributed by atoms with van der Waals surface area (Å²) in [5.41, 5.74) is 4.24. The summed E-state index contributed by atoms with van der Waals surface area (Å²) in [6.45, 7) is 4.56. The van der Waals surface area contributed by atoms with Crippen molar-refractivity contribution < 1.29 is 0 Å². The number of rotatable bonds is 1. The van der Waals surface area contributed by atoms with Crippen LogP contribution in [0, 0.1) is 6.92 Å². The van der Waals surface area contributed by atoms with Gasteiger partial charge < -0.3 is 10.3 Å². The van der Waals surface area contributed by atoms with Crippen molar-refractivity contribution in [2.75, 3.05) is 13.1 Å². The summed E-state index contributed by atoms with van der Waals surface area (Å²) in [7, 11) is 0. The summed E-state index contributed by atoms with van der Waals surface area (Å²) in [5.74, 6) is 0.751. The number of piperidine rings is 1. The van der Waals surface area contributed by atoms with Crippen LogP contribution in [0.1, 0.15) is 29.9 Å². The van der Waals surface area contributed by atoms with Gasteiger partial charge in [-0.2, -0.15) is 0 Å². The normalized spacial score (nSPS) is 18.1. The molecule has 0 aliphatic carbocycles. The number of hydrogen-bond donors (Lipinski definition) is 2. The van der Waals surface area contributed by atoms with Crippen LogP contribution in [0.25, 0.3) is 10.9 Å². The minimum absolute atomic E-state index is 0.751. The second-order valence-corrected chi connectivity index (χ2v) is 4.80. The fourth-order valence-electron chi connectivity index (χ4n) is 2.80. The molecule has 1 aliphatic heterocycles. The van der Waals surface area contributed by atoms with Gasteiger partial charge in [0.25, 0.3) is 0 Å². The Morgan fingerprint density at radius 1 is 1.19 bits per heavy atom. The van der Waals surface area contributed by atoms with Crippen molar-refractivity contribution in [1.82, 2.24) is 10.3 Å². The molecule has 0 bridgehead atoms. The minimum atomic E-state index is 0.751. The van der Waals surface area contributed by atoms with Crippen LogP contribution >= 0.6 is 0 Å². The molecule has 0 radical (unpaired) electrons.